The van der Waals surface area contributed by atoms with Crippen molar-refractivity contribution in [2.24, 2.45) is 0 Å². The largest absolute Gasteiger partial charge is 0.473 e. The summed E-state index contributed by atoms with van der Waals surface area (Å²) in [6.07, 6.45) is 5.15. The molecule has 0 unspecified atom stereocenters. The molecule has 0 heterocycles. The molecular formula is C15H12O. The van der Waals surface area contributed by atoms with E-state index in [0.29, 0.717) is 0 Å². The lowest BCUT2D eigenvalue weighted by Gasteiger charge is -2.13. The van der Waals surface area contributed by atoms with E-state index in [4.69, 9.17) is 11.2 Å². The molecule has 0 bridgehead atoms. The second-order valence-electron chi connectivity index (χ2n) is 3.39. The van der Waals surface area contributed by atoms with E-state index in [-0.39, 0.29) is 6.10 Å². The number of rotatable bonds is 3. The highest BCUT2D eigenvalue weighted by molar-refractivity contribution is 5.28. The maximum absolute atomic E-state index is 5.71. The molecule has 2 aromatic rings. The molecule has 0 amide bonds. The van der Waals surface area contributed by atoms with Crippen molar-refractivity contribution in [3.8, 4) is 18.1 Å². The number of benzene rings is 2. The van der Waals surface area contributed by atoms with Crippen LogP contribution in [-0.2, 0) is 0 Å². The average Bonchev–Trinajstić information content (AvgIpc) is 2.38. The number of terminal acetylenes is 1. The Morgan fingerprint density at radius 2 is 1.44 bits per heavy atom. The highest BCUT2D eigenvalue weighted by atomic mass is 16.5. The van der Waals surface area contributed by atoms with Crippen molar-refractivity contribution in [1.82, 2.24) is 0 Å². The fourth-order valence-electron chi connectivity index (χ4n) is 1.46. The summed E-state index contributed by atoms with van der Waals surface area (Å²) in [6.45, 7) is 0. The predicted octanol–water partition coefficient (Wildman–Crippen LogP) is 3.44. The first-order chi connectivity index (χ1) is 7.90. The van der Waals surface area contributed by atoms with Crippen LogP contribution in [0, 0.1) is 12.3 Å². The Kier molecular flexibility index (Phi) is 3.25. The van der Waals surface area contributed by atoms with Crippen LogP contribution in [0.1, 0.15) is 11.7 Å². The van der Waals surface area contributed by atoms with Gasteiger partial charge in [0.05, 0.1) is 0 Å². The Labute approximate surface area is 95.7 Å². The van der Waals surface area contributed by atoms with E-state index in [1.165, 1.54) is 0 Å². The van der Waals surface area contributed by atoms with Crippen LogP contribution >= 0.6 is 0 Å². The first kappa shape index (κ1) is 10.3. The van der Waals surface area contributed by atoms with Crippen molar-refractivity contribution in [1.29, 1.82) is 0 Å². The average molecular weight is 208 g/mol. The van der Waals surface area contributed by atoms with Crippen molar-refractivity contribution >= 4 is 0 Å². The van der Waals surface area contributed by atoms with Gasteiger partial charge in [0, 0.05) is 5.56 Å². The third-order valence-electron chi connectivity index (χ3n) is 2.25. The van der Waals surface area contributed by atoms with Gasteiger partial charge in [0.2, 0.25) is 0 Å². The minimum atomic E-state index is -0.330. The molecular weight excluding hydrogens is 196 g/mol. The molecule has 0 aliphatic rings. The topological polar surface area (TPSA) is 9.23 Å². The quantitative estimate of drug-likeness (QED) is 0.702. The van der Waals surface area contributed by atoms with Crippen LogP contribution in [0.25, 0.3) is 0 Å². The van der Waals surface area contributed by atoms with E-state index in [2.05, 4.69) is 5.92 Å². The lowest BCUT2D eigenvalue weighted by atomic mass is 10.1. The van der Waals surface area contributed by atoms with Gasteiger partial charge in [-0.2, -0.15) is 0 Å². The molecule has 0 aliphatic heterocycles. The van der Waals surface area contributed by atoms with Crippen LogP contribution in [0.2, 0.25) is 0 Å². The molecule has 78 valence electrons. The summed E-state index contributed by atoms with van der Waals surface area (Å²) in [6, 6.07) is 19.4. The van der Waals surface area contributed by atoms with Crippen molar-refractivity contribution in [2.75, 3.05) is 0 Å². The molecule has 1 atom stereocenters. The van der Waals surface area contributed by atoms with E-state index in [9.17, 15) is 0 Å². The van der Waals surface area contributed by atoms with Crippen LogP contribution in [-0.4, -0.2) is 0 Å². The summed E-state index contributed by atoms with van der Waals surface area (Å²) >= 11 is 0. The second kappa shape index (κ2) is 5.04. The third kappa shape index (κ3) is 2.43. The summed E-state index contributed by atoms with van der Waals surface area (Å²) in [4.78, 5) is 0. The third-order valence-corrected chi connectivity index (χ3v) is 2.25. The molecule has 0 spiro atoms. The van der Waals surface area contributed by atoms with Gasteiger partial charge < -0.3 is 4.74 Å². The second-order valence-corrected chi connectivity index (χ2v) is 3.39. The number of hydrogen-bond acceptors (Lipinski definition) is 1. The van der Waals surface area contributed by atoms with Gasteiger partial charge in [0.1, 0.15) is 5.75 Å². The maximum atomic E-state index is 5.71. The highest BCUT2D eigenvalue weighted by Crippen LogP contribution is 2.20. The summed E-state index contributed by atoms with van der Waals surface area (Å²) in [5.41, 5.74) is 0.994. The minimum Gasteiger partial charge on any atom is -0.473 e. The van der Waals surface area contributed by atoms with Crippen LogP contribution in [0.4, 0.5) is 0 Å². The minimum absolute atomic E-state index is 0.330. The van der Waals surface area contributed by atoms with E-state index in [1.807, 2.05) is 60.7 Å². The number of hydrogen-bond donors (Lipinski definition) is 0. The molecule has 0 radical (unpaired) electrons. The van der Waals surface area contributed by atoms with Crippen LogP contribution in [0.15, 0.2) is 60.7 Å². The van der Waals surface area contributed by atoms with Crippen molar-refractivity contribution in [3.63, 3.8) is 0 Å². The van der Waals surface area contributed by atoms with Gasteiger partial charge in [-0.15, -0.1) is 6.42 Å². The van der Waals surface area contributed by atoms with Gasteiger partial charge >= 0.3 is 0 Å². The summed E-state index contributed by atoms with van der Waals surface area (Å²) < 4.78 is 5.71. The summed E-state index contributed by atoms with van der Waals surface area (Å²) in [7, 11) is 0. The molecule has 0 aromatic heterocycles. The molecule has 0 saturated carbocycles. The zero-order valence-corrected chi connectivity index (χ0v) is 8.84. The Hall–Kier alpha value is -2.20. The molecule has 1 nitrogen and oxygen atoms in total. The van der Waals surface area contributed by atoms with Crippen molar-refractivity contribution < 1.29 is 4.74 Å². The number of ether oxygens (including phenoxy) is 1. The number of para-hydroxylation sites is 1. The van der Waals surface area contributed by atoms with Gasteiger partial charge in [-0.3, -0.25) is 0 Å². The summed E-state index contributed by atoms with van der Waals surface area (Å²) in [5.74, 6) is 3.43. The molecule has 2 rings (SSSR count). The van der Waals surface area contributed by atoms with E-state index in [0.717, 1.165) is 11.3 Å². The molecule has 2 aromatic carbocycles. The molecule has 0 fully saturated rings. The highest BCUT2D eigenvalue weighted by Gasteiger charge is 2.08. The zero-order valence-electron chi connectivity index (χ0n) is 8.84. The smallest absolute Gasteiger partial charge is 0.184 e. The van der Waals surface area contributed by atoms with Crippen LogP contribution < -0.4 is 4.74 Å². The predicted molar refractivity (Wildman–Crippen MR) is 65.1 cm³/mol. The van der Waals surface area contributed by atoms with E-state index < -0.39 is 0 Å². The lowest BCUT2D eigenvalue weighted by Crippen LogP contribution is -2.04. The van der Waals surface area contributed by atoms with Gasteiger partial charge in [-0.25, -0.2) is 0 Å². The first-order valence-corrected chi connectivity index (χ1v) is 5.13. The van der Waals surface area contributed by atoms with Crippen LogP contribution in [0.5, 0.6) is 5.75 Å². The summed E-state index contributed by atoms with van der Waals surface area (Å²) in [5, 5.41) is 0. The monoisotopic (exact) mass is 208 g/mol. The zero-order chi connectivity index (χ0) is 11.2. The van der Waals surface area contributed by atoms with Crippen molar-refractivity contribution in [3.05, 3.63) is 66.2 Å². The molecule has 1 heteroatoms. The van der Waals surface area contributed by atoms with Gasteiger partial charge in [0.15, 0.2) is 6.10 Å². The SMILES string of the molecule is C#C[C@@H](Oc1ccccc1)c1ccccc1. The maximum Gasteiger partial charge on any atom is 0.184 e. The lowest BCUT2D eigenvalue weighted by molar-refractivity contribution is 0.265. The fourth-order valence-corrected chi connectivity index (χ4v) is 1.46. The fraction of sp³-hybridized carbons (Fsp3) is 0.0667. The molecule has 0 N–H and O–H groups in total. The van der Waals surface area contributed by atoms with Crippen LogP contribution in [0.3, 0.4) is 0 Å². The van der Waals surface area contributed by atoms with E-state index >= 15 is 0 Å². The Balaban J connectivity index is 2.17. The van der Waals surface area contributed by atoms with Gasteiger partial charge in [-0.1, -0.05) is 54.5 Å². The standard InChI is InChI=1S/C15H12O/c1-2-15(13-9-5-3-6-10-13)16-14-11-7-4-8-12-14/h1,3-12,15H/t15-/m1/s1. The van der Waals surface area contributed by atoms with Gasteiger partial charge in [-0.05, 0) is 12.1 Å². The molecule has 16 heavy (non-hydrogen) atoms. The Morgan fingerprint density at radius 3 is 2.00 bits per heavy atom. The van der Waals surface area contributed by atoms with Gasteiger partial charge in [0.25, 0.3) is 0 Å². The normalized spacial score (nSPS) is 11.4. The molecule has 0 aliphatic carbocycles. The Morgan fingerprint density at radius 1 is 0.875 bits per heavy atom. The van der Waals surface area contributed by atoms with E-state index in [1.54, 1.807) is 0 Å². The van der Waals surface area contributed by atoms with Crippen molar-refractivity contribution in [2.45, 2.75) is 6.10 Å². The molecule has 0 saturated heterocycles. The Bertz CT molecular complexity index is 468. The first-order valence-electron chi connectivity index (χ1n) is 5.13.